The Bertz CT molecular complexity index is 1430. The van der Waals surface area contributed by atoms with Crippen LogP contribution < -0.4 is 4.74 Å². The minimum Gasteiger partial charge on any atom is -0.422 e. The average Bonchev–Trinajstić information content (AvgIpc) is 3.15. The second kappa shape index (κ2) is 8.34. The third kappa shape index (κ3) is 3.96. The summed E-state index contributed by atoms with van der Waals surface area (Å²) in [5, 5.41) is 3.55. The number of carbonyl (C=O) groups excluding carboxylic acids is 1. The minimum atomic E-state index is -0.455. The maximum Gasteiger partial charge on any atom is 0.355 e. The molecule has 0 saturated heterocycles. The highest BCUT2D eigenvalue weighted by Gasteiger charge is 2.18. The van der Waals surface area contributed by atoms with Crippen LogP contribution in [0.1, 0.15) is 15.2 Å². The Hall–Kier alpha value is -3.47. The molecule has 5 heteroatoms. The van der Waals surface area contributed by atoms with Crippen molar-refractivity contribution in [2.24, 2.45) is 4.99 Å². The smallest absolute Gasteiger partial charge is 0.355 e. The third-order valence-corrected chi connectivity index (χ3v) is 6.59. The van der Waals surface area contributed by atoms with E-state index in [0.717, 1.165) is 32.1 Å². The van der Waals surface area contributed by atoms with E-state index in [9.17, 15) is 4.79 Å². The van der Waals surface area contributed by atoms with Gasteiger partial charge < -0.3 is 4.74 Å². The first kappa shape index (κ1) is 19.5. The summed E-state index contributed by atoms with van der Waals surface area (Å²) in [5.41, 5.74) is 1.82. The number of rotatable bonds is 4. The van der Waals surface area contributed by atoms with Gasteiger partial charge in [-0.25, -0.2) is 4.79 Å². The summed E-state index contributed by atoms with van der Waals surface area (Å²) in [5.74, 6) is 0.00389. The Kier molecular flexibility index (Phi) is 5.24. The van der Waals surface area contributed by atoms with Gasteiger partial charge in [0.15, 0.2) is 0 Å². The first-order valence-corrected chi connectivity index (χ1v) is 10.9. The van der Waals surface area contributed by atoms with Crippen LogP contribution >= 0.6 is 22.9 Å². The molecule has 3 nitrogen and oxygen atoms in total. The van der Waals surface area contributed by atoms with Crippen molar-refractivity contribution in [2.45, 2.75) is 0 Å². The van der Waals surface area contributed by atoms with E-state index in [-0.39, 0.29) is 0 Å². The van der Waals surface area contributed by atoms with Crippen LogP contribution in [0.5, 0.6) is 5.75 Å². The summed E-state index contributed by atoms with van der Waals surface area (Å²) in [7, 11) is 0. The molecular formula is C26H16ClNO2S. The molecule has 0 atom stereocenters. The number of hydrogen-bond acceptors (Lipinski definition) is 4. The van der Waals surface area contributed by atoms with Crippen LogP contribution in [0.2, 0.25) is 5.02 Å². The largest absolute Gasteiger partial charge is 0.422 e. The number of benzene rings is 4. The molecule has 150 valence electrons. The Balaban J connectivity index is 1.33. The molecule has 0 aliphatic rings. The number of ether oxygens (including phenoxy) is 1. The number of nitrogens with zero attached hydrogens (tertiary/aromatic N) is 1. The second-order valence-corrected chi connectivity index (χ2v) is 8.39. The van der Waals surface area contributed by atoms with Gasteiger partial charge in [-0.2, -0.15) is 0 Å². The average molecular weight is 442 g/mol. The zero-order valence-corrected chi connectivity index (χ0v) is 17.9. The first-order chi connectivity index (χ1) is 15.2. The number of carbonyl (C=O) groups is 1. The summed E-state index contributed by atoms with van der Waals surface area (Å²) in [4.78, 5) is 17.6. The molecule has 0 radical (unpaired) electrons. The van der Waals surface area contributed by atoms with Gasteiger partial charge in [0, 0.05) is 21.7 Å². The van der Waals surface area contributed by atoms with Crippen molar-refractivity contribution < 1.29 is 9.53 Å². The van der Waals surface area contributed by atoms with Crippen molar-refractivity contribution in [3.8, 4) is 5.75 Å². The SMILES string of the molecule is O=C(Oc1ccc(C=Nc2cccc3ccccc23)cc1)c1sc2ccccc2c1Cl. The van der Waals surface area contributed by atoms with E-state index in [1.165, 1.54) is 11.3 Å². The second-order valence-electron chi connectivity index (χ2n) is 6.96. The number of fused-ring (bicyclic) bond motifs is 2. The number of halogens is 1. The van der Waals surface area contributed by atoms with Crippen LogP contribution in [0.15, 0.2) is 96.0 Å². The van der Waals surface area contributed by atoms with Gasteiger partial charge >= 0.3 is 5.97 Å². The summed E-state index contributed by atoms with van der Waals surface area (Å²) in [6.45, 7) is 0. The normalized spacial score (nSPS) is 11.4. The summed E-state index contributed by atoms with van der Waals surface area (Å²) in [6, 6.07) is 29.1. The van der Waals surface area contributed by atoms with E-state index in [1.807, 2.05) is 60.7 Å². The van der Waals surface area contributed by atoms with Crippen LogP contribution in [0.4, 0.5) is 5.69 Å². The molecule has 5 aromatic rings. The molecule has 1 aromatic heterocycles. The Labute approximate surface area is 188 Å². The van der Waals surface area contributed by atoms with Gasteiger partial charge in [-0.3, -0.25) is 4.99 Å². The summed E-state index contributed by atoms with van der Waals surface area (Å²) < 4.78 is 6.49. The predicted molar refractivity (Wildman–Crippen MR) is 129 cm³/mol. The number of hydrogen-bond donors (Lipinski definition) is 0. The van der Waals surface area contributed by atoms with Crippen LogP contribution in [0.3, 0.4) is 0 Å². The molecule has 0 aliphatic heterocycles. The van der Waals surface area contributed by atoms with Gasteiger partial charge in [-0.05, 0) is 47.3 Å². The van der Waals surface area contributed by atoms with Crippen molar-refractivity contribution >= 4 is 61.7 Å². The summed E-state index contributed by atoms with van der Waals surface area (Å²) >= 11 is 7.71. The lowest BCUT2D eigenvalue weighted by Crippen LogP contribution is -2.06. The maximum atomic E-state index is 12.6. The lowest BCUT2D eigenvalue weighted by molar-refractivity contribution is 0.0740. The molecule has 5 rings (SSSR count). The van der Waals surface area contributed by atoms with Crippen molar-refractivity contribution in [1.82, 2.24) is 0 Å². The maximum absolute atomic E-state index is 12.6. The number of thiophene rings is 1. The fourth-order valence-electron chi connectivity index (χ4n) is 3.39. The number of esters is 1. The molecule has 0 N–H and O–H groups in total. The fraction of sp³-hybridized carbons (Fsp3) is 0. The van der Waals surface area contributed by atoms with E-state index in [2.05, 4.69) is 23.2 Å². The van der Waals surface area contributed by atoms with E-state index < -0.39 is 5.97 Å². The zero-order chi connectivity index (χ0) is 21.2. The zero-order valence-electron chi connectivity index (χ0n) is 16.3. The lowest BCUT2D eigenvalue weighted by Gasteiger charge is -2.04. The van der Waals surface area contributed by atoms with Crippen molar-refractivity contribution in [3.05, 3.63) is 106 Å². The van der Waals surface area contributed by atoms with Crippen LogP contribution in [-0.4, -0.2) is 12.2 Å². The van der Waals surface area contributed by atoms with Gasteiger partial charge in [-0.1, -0.05) is 66.2 Å². The fourth-order valence-corrected chi connectivity index (χ4v) is 4.77. The van der Waals surface area contributed by atoms with Crippen LogP contribution in [0.25, 0.3) is 20.9 Å². The Morgan fingerprint density at radius 2 is 1.55 bits per heavy atom. The molecule has 0 saturated carbocycles. The van der Waals surface area contributed by atoms with Crippen molar-refractivity contribution in [2.75, 3.05) is 0 Å². The molecule has 4 aromatic carbocycles. The molecule has 0 bridgehead atoms. The topological polar surface area (TPSA) is 38.7 Å². The predicted octanol–water partition coefficient (Wildman–Crippen LogP) is 7.68. The minimum absolute atomic E-state index is 0.407. The molecule has 0 aliphatic carbocycles. The molecule has 0 spiro atoms. The van der Waals surface area contributed by atoms with Crippen LogP contribution in [0, 0.1) is 0 Å². The monoisotopic (exact) mass is 441 g/mol. The summed E-state index contributed by atoms with van der Waals surface area (Å²) in [6.07, 6.45) is 1.80. The lowest BCUT2D eigenvalue weighted by atomic mass is 10.1. The van der Waals surface area contributed by atoms with Gasteiger partial charge in [0.05, 0.1) is 10.7 Å². The van der Waals surface area contributed by atoms with Crippen LogP contribution in [-0.2, 0) is 0 Å². The van der Waals surface area contributed by atoms with Gasteiger partial charge in [0.1, 0.15) is 10.6 Å². The molecule has 0 fully saturated rings. The van der Waals surface area contributed by atoms with E-state index >= 15 is 0 Å². The quantitative estimate of drug-likeness (QED) is 0.163. The molecule has 0 unspecified atom stereocenters. The van der Waals surface area contributed by atoms with Crippen molar-refractivity contribution in [3.63, 3.8) is 0 Å². The molecule has 0 amide bonds. The number of aliphatic imine (C=N–C) groups is 1. The van der Waals surface area contributed by atoms with E-state index in [4.69, 9.17) is 16.3 Å². The molecule has 31 heavy (non-hydrogen) atoms. The highest BCUT2D eigenvalue weighted by molar-refractivity contribution is 7.21. The first-order valence-electron chi connectivity index (χ1n) is 9.70. The molecule has 1 heterocycles. The van der Waals surface area contributed by atoms with E-state index in [1.54, 1.807) is 18.3 Å². The highest BCUT2D eigenvalue weighted by Crippen LogP contribution is 2.35. The molecular weight excluding hydrogens is 426 g/mol. The Morgan fingerprint density at radius 3 is 2.35 bits per heavy atom. The third-order valence-electron chi connectivity index (χ3n) is 4.93. The van der Waals surface area contributed by atoms with Gasteiger partial charge in [0.25, 0.3) is 0 Å². The van der Waals surface area contributed by atoms with Crippen molar-refractivity contribution in [1.29, 1.82) is 0 Å². The van der Waals surface area contributed by atoms with Gasteiger partial charge in [0.2, 0.25) is 0 Å². The standard InChI is InChI=1S/C26H16ClNO2S/c27-24-21-9-3-4-11-23(21)31-25(24)26(29)30-19-14-12-17(13-15-19)16-28-22-10-5-7-18-6-1-2-8-20(18)22/h1-16H. The highest BCUT2D eigenvalue weighted by atomic mass is 35.5. The Morgan fingerprint density at radius 1 is 0.839 bits per heavy atom. The van der Waals surface area contributed by atoms with E-state index in [0.29, 0.717) is 15.6 Å². The van der Waals surface area contributed by atoms with Gasteiger partial charge in [-0.15, -0.1) is 11.3 Å².